The lowest BCUT2D eigenvalue weighted by Crippen LogP contribution is -2.50. The molecule has 7 heteroatoms. The summed E-state index contributed by atoms with van der Waals surface area (Å²) in [6.45, 7) is 3.37. The molecule has 1 aliphatic heterocycles. The Kier molecular flexibility index (Phi) is 6.19. The number of halogens is 1. The van der Waals surface area contributed by atoms with Crippen LogP contribution >= 0.6 is 11.6 Å². The van der Waals surface area contributed by atoms with Gasteiger partial charge >= 0.3 is 0 Å². The van der Waals surface area contributed by atoms with E-state index in [1.54, 1.807) is 29.2 Å². The highest BCUT2D eigenvalue weighted by atomic mass is 35.5. The predicted molar refractivity (Wildman–Crippen MR) is 106 cm³/mol. The molecule has 27 heavy (non-hydrogen) atoms. The molecule has 0 atom stereocenters. The third-order valence-electron chi connectivity index (χ3n) is 4.82. The molecule has 0 aliphatic carbocycles. The molecule has 1 aliphatic rings. The second kappa shape index (κ2) is 8.42. The largest absolute Gasteiger partial charge is 0.340 e. The number of benzene rings is 2. The fourth-order valence-electron chi connectivity index (χ4n) is 3.14. The quantitative estimate of drug-likeness (QED) is 0.766. The van der Waals surface area contributed by atoms with Crippen LogP contribution in [0.4, 0.5) is 0 Å². The van der Waals surface area contributed by atoms with E-state index in [-0.39, 0.29) is 5.91 Å². The minimum absolute atomic E-state index is 0.0299. The molecule has 0 spiro atoms. The van der Waals surface area contributed by atoms with E-state index in [9.17, 15) is 13.2 Å². The molecule has 0 radical (unpaired) electrons. The first kappa shape index (κ1) is 19.9. The van der Waals surface area contributed by atoms with Crippen molar-refractivity contribution in [3.8, 4) is 0 Å². The van der Waals surface area contributed by atoms with Crippen LogP contribution < -0.4 is 0 Å². The molecule has 0 aromatic heterocycles. The Labute approximate surface area is 165 Å². The minimum atomic E-state index is -3.51. The van der Waals surface area contributed by atoms with Gasteiger partial charge in [-0.15, -0.1) is 0 Å². The number of piperazine rings is 1. The zero-order valence-electron chi connectivity index (χ0n) is 15.3. The highest BCUT2D eigenvalue weighted by Gasteiger charge is 2.29. The Bertz CT molecular complexity index is 905. The van der Waals surface area contributed by atoms with Crippen LogP contribution in [0.1, 0.15) is 17.5 Å². The summed E-state index contributed by atoms with van der Waals surface area (Å²) in [6.07, 6.45) is 0.953. The van der Waals surface area contributed by atoms with E-state index in [0.717, 1.165) is 11.1 Å². The summed E-state index contributed by atoms with van der Waals surface area (Å²) >= 11 is 6.13. The van der Waals surface area contributed by atoms with Gasteiger partial charge in [0, 0.05) is 37.6 Å². The number of hydrogen-bond acceptors (Lipinski definition) is 3. The zero-order valence-corrected chi connectivity index (χ0v) is 16.8. The summed E-state index contributed by atoms with van der Waals surface area (Å²) in [7, 11) is -3.51. The summed E-state index contributed by atoms with van der Waals surface area (Å²) in [6, 6.07) is 14.3. The molecule has 1 heterocycles. The van der Waals surface area contributed by atoms with E-state index in [0.29, 0.717) is 48.9 Å². The number of aryl methyl sites for hydroxylation is 2. The SMILES string of the molecule is Cc1ccc(S(=O)(=O)N2CCN(C(=O)CCc3ccccc3Cl)CC2)cc1. The van der Waals surface area contributed by atoms with Crippen molar-refractivity contribution in [3.05, 3.63) is 64.7 Å². The average molecular weight is 407 g/mol. The first-order valence-electron chi connectivity index (χ1n) is 8.96. The third-order valence-corrected chi connectivity index (χ3v) is 7.10. The van der Waals surface area contributed by atoms with Crippen molar-refractivity contribution in [2.75, 3.05) is 26.2 Å². The second-order valence-electron chi connectivity index (χ2n) is 6.69. The number of sulfonamides is 1. The molecule has 1 amide bonds. The van der Waals surface area contributed by atoms with Crippen LogP contribution in [0.25, 0.3) is 0 Å². The Hall–Kier alpha value is -1.89. The van der Waals surface area contributed by atoms with E-state index >= 15 is 0 Å². The molecule has 1 fully saturated rings. The van der Waals surface area contributed by atoms with Crippen molar-refractivity contribution in [1.82, 2.24) is 9.21 Å². The second-order valence-corrected chi connectivity index (χ2v) is 9.03. The lowest BCUT2D eigenvalue weighted by atomic mass is 10.1. The molecule has 0 unspecified atom stereocenters. The van der Waals surface area contributed by atoms with Gasteiger partial charge in [0.25, 0.3) is 0 Å². The molecule has 2 aromatic carbocycles. The summed E-state index contributed by atoms with van der Waals surface area (Å²) in [5.41, 5.74) is 1.97. The number of hydrogen-bond donors (Lipinski definition) is 0. The minimum Gasteiger partial charge on any atom is -0.340 e. The number of carbonyl (C=O) groups is 1. The van der Waals surface area contributed by atoms with E-state index in [2.05, 4.69) is 0 Å². The molecule has 1 saturated heterocycles. The summed E-state index contributed by atoms with van der Waals surface area (Å²) < 4.78 is 26.9. The van der Waals surface area contributed by atoms with Gasteiger partial charge in [0.2, 0.25) is 15.9 Å². The zero-order chi connectivity index (χ0) is 19.4. The molecule has 2 aromatic rings. The summed E-state index contributed by atoms with van der Waals surface area (Å²) in [5.74, 6) is 0.0299. The first-order chi connectivity index (χ1) is 12.9. The maximum Gasteiger partial charge on any atom is 0.243 e. The first-order valence-corrected chi connectivity index (χ1v) is 10.8. The van der Waals surface area contributed by atoms with Crippen LogP contribution in [0.3, 0.4) is 0 Å². The molecule has 5 nitrogen and oxygen atoms in total. The van der Waals surface area contributed by atoms with Crippen molar-refractivity contribution in [1.29, 1.82) is 0 Å². The molecule has 144 valence electrons. The molecule has 0 N–H and O–H groups in total. The van der Waals surface area contributed by atoms with Crippen LogP contribution in [0.15, 0.2) is 53.4 Å². The van der Waals surface area contributed by atoms with Gasteiger partial charge in [0.15, 0.2) is 0 Å². The molecular formula is C20H23ClN2O3S. The highest BCUT2D eigenvalue weighted by molar-refractivity contribution is 7.89. The Balaban J connectivity index is 1.56. The third kappa shape index (κ3) is 4.69. The Morgan fingerprint density at radius 3 is 2.26 bits per heavy atom. The Morgan fingerprint density at radius 1 is 1.00 bits per heavy atom. The van der Waals surface area contributed by atoms with E-state index in [4.69, 9.17) is 11.6 Å². The standard InChI is InChI=1S/C20H23ClN2O3S/c1-16-6-9-18(10-7-16)27(25,26)23-14-12-22(13-15-23)20(24)11-8-17-4-2-3-5-19(17)21/h2-7,9-10H,8,11-15H2,1H3. The monoisotopic (exact) mass is 406 g/mol. The van der Waals surface area contributed by atoms with Gasteiger partial charge in [-0.05, 0) is 37.1 Å². The number of carbonyl (C=O) groups excluding carboxylic acids is 1. The van der Waals surface area contributed by atoms with Gasteiger partial charge in [-0.3, -0.25) is 4.79 Å². The number of amides is 1. The van der Waals surface area contributed by atoms with Gasteiger partial charge in [0.05, 0.1) is 4.90 Å². The maximum atomic E-state index is 12.7. The summed E-state index contributed by atoms with van der Waals surface area (Å²) in [5, 5.41) is 0.666. The van der Waals surface area contributed by atoms with Gasteiger partial charge in [-0.1, -0.05) is 47.5 Å². The normalized spacial score (nSPS) is 15.7. The van der Waals surface area contributed by atoms with Crippen LogP contribution in [0.5, 0.6) is 0 Å². The van der Waals surface area contributed by atoms with Gasteiger partial charge < -0.3 is 4.90 Å². The average Bonchev–Trinajstić information content (AvgIpc) is 2.67. The summed E-state index contributed by atoms with van der Waals surface area (Å²) in [4.78, 5) is 14.5. The predicted octanol–water partition coefficient (Wildman–Crippen LogP) is 3.11. The molecule has 3 rings (SSSR count). The van der Waals surface area contributed by atoms with Crippen LogP contribution in [0, 0.1) is 6.92 Å². The van der Waals surface area contributed by atoms with E-state index < -0.39 is 10.0 Å². The molecular weight excluding hydrogens is 384 g/mol. The van der Waals surface area contributed by atoms with Crippen LogP contribution in [-0.4, -0.2) is 49.7 Å². The van der Waals surface area contributed by atoms with Crippen molar-refractivity contribution in [2.45, 2.75) is 24.7 Å². The topological polar surface area (TPSA) is 57.7 Å². The number of rotatable bonds is 5. The smallest absolute Gasteiger partial charge is 0.243 e. The lowest BCUT2D eigenvalue weighted by molar-refractivity contribution is -0.132. The molecule has 0 bridgehead atoms. The van der Waals surface area contributed by atoms with Crippen molar-refractivity contribution in [3.63, 3.8) is 0 Å². The maximum absolute atomic E-state index is 12.7. The van der Waals surface area contributed by atoms with Crippen molar-refractivity contribution >= 4 is 27.5 Å². The van der Waals surface area contributed by atoms with E-state index in [1.165, 1.54) is 4.31 Å². The van der Waals surface area contributed by atoms with Crippen LogP contribution in [-0.2, 0) is 21.2 Å². The fourth-order valence-corrected chi connectivity index (χ4v) is 4.79. The lowest BCUT2D eigenvalue weighted by Gasteiger charge is -2.34. The van der Waals surface area contributed by atoms with E-state index in [1.807, 2.05) is 31.2 Å². The van der Waals surface area contributed by atoms with Crippen LogP contribution in [0.2, 0.25) is 5.02 Å². The van der Waals surface area contributed by atoms with Gasteiger partial charge in [-0.25, -0.2) is 8.42 Å². The Morgan fingerprint density at radius 2 is 1.63 bits per heavy atom. The van der Waals surface area contributed by atoms with Crippen molar-refractivity contribution < 1.29 is 13.2 Å². The van der Waals surface area contributed by atoms with Gasteiger partial charge in [-0.2, -0.15) is 4.31 Å². The van der Waals surface area contributed by atoms with Gasteiger partial charge in [0.1, 0.15) is 0 Å². The van der Waals surface area contributed by atoms with Crippen molar-refractivity contribution in [2.24, 2.45) is 0 Å². The molecule has 0 saturated carbocycles. The number of nitrogens with zero attached hydrogens (tertiary/aromatic N) is 2. The fraction of sp³-hybridized carbons (Fsp3) is 0.350. The highest BCUT2D eigenvalue weighted by Crippen LogP contribution is 2.20.